The maximum Gasteiger partial charge on any atom is 0.573 e. The number of nitrogens with zero attached hydrogens (tertiary/aromatic N) is 3. The molecule has 0 radical (unpaired) electrons. The lowest BCUT2D eigenvalue weighted by Gasteiger charge is -2.41. The molecule has 5 rings (SSSR count). The van der Waals surface area contributed by atoms with Crippen molar-refractivity contribution in [1.29, 1.82) is 0 Å². The number of ether oxygens (including phenoxy) is 2. The number of fused-ring (bicyclic) bond motifs is 1. The second kappa shape index (κ2) is 11.2. The topological polar surface area (TPSA) is 73.7 Å². The summed E-state index contributed by atoms with van der Waals surface area (Å²) in [6, 6.07) is 14.3. The molecular weight excluding hydrogens is 574 g/mol. The van der Waals surface area contributed by atoms with Gasteiger partial charge in [0.15, 0.2) is 21.4 Å². The van der Waals surface area contributed by atoms with Crippen LogP contribution in [0.4, 0.5) is 17.6 Å². The van der Waals surface area contributed by atoms with E-state index in [0.717, 1.165) is 35.2 Å². The van der Waals surface area contributed by atoms with Gasteiger partial charge < -0.3 is 14.0 Å². The van der Waals surface area contributed by atoms with Crippen molar-refractivity contribution in [2.45, 2.75) is 38.6 Å². The number of rotatable bonds is 8. The summed E-state index contributed by atoms with van der Waals surface area (Å²) in [5.41, 5.74) is 2.83. The summed E-state index contributed by atoms with van der Waals surface area (Å²) in [7, 11) is -1.42. The van der Waals surface area contributed by atoms with Gasteiger partial charge in [0.25, 0.3) is 0 Å². The number of hydrogen-bond acceptors (Lipinski definition) is 6. The first-order valence-corrected chi connectivity index (χ1v) is 15.2. The molecule has 2 aromatic carbocycles. The number of pyridine rings is 1. The highest BCUT2D eigenvalue weighted by molar-refractivity contribution is 7.91. The van der Waals surface area contributed by atoms with Crippen LogP contribution in [0, 0.1) is 5.82 Å². The van der Waals surface area contributed by atoms with E-state index in [1.54, 1.807) is 13.2 Å². The second-order valence-corrected chi connectivity index (χ2v) is 13.2. The number of alkyl halides is 3. The highest BCUT2D eigenvalue weighted by Crippen LogP contribution is 2.33. The quantitative estimate of drug-likeness (QED) is 0.224. The number of aromatic nitrogens is 2. The Balaban J connectivity index is 1.50. The van der Waals surface area contributed by atoms with Crippen LogP contribution >= 0.6 is 0 Å². The zero-order valence-electron chi connectivity index (χ0n) is 23.4. The normalized spacial score (nSPS) is 16.1. The lowest BCUT2D eigenvalue weighted by molar-refractivity contribution is -0.275. The summed E-state index contributed by atoms with van der Waals surface area (Å²) in [5.74, 6) is -1.10. The monoisotopic (exact) mass is 605 g/mol. The van der Waals surface area contributed by atoms with Crippen LogP contribution in [-0.2, 0) is 16.3 Å². The first-order chi connectivity index (χ1) is 19.7. The number of methoxy groups -OCH3 is 1. The van der Waals surface area contributed by atoms with E-state index in [1.165, 1.54) is 6.07 Å². The van der Waals surface area contributed by atoms with Gasteiger partial charge in [0, 0.05) is 41.8 Å². The van der Waals surface area contributed by atoms with E-state index in [1.807, 2.05) is 41.1 Å². The lowest BCUT2D eigenvalue weighted by atomic mass is 9.93. The van der Waals surface area contributed by atoms with Crippen LogP contribution in [0.2, 0.25) is 0 Å². The van der Waals surface area contributed by atoms with Crippen molar-refractivity contribution in [3.05, 3.63) is 72.2 Å². The molecule has 3 heterocycles. The molecule has 0 saturated carbocycles. The minimum Gasteiger partial charge on any atom is -0.497 e. The van der Waals surface area contributed by atoms with Crippen molar-refractivity contribution in [2.75, 3.05) is 31.7 Å². The summed E-state index contributed by atoms with van der Waals surface area (Å²) < 4.78 is 87.3. The maximum atomic E-state index is 14.5. The van der Waals surface area contributed by atoms with Crippen molar-refractivity contribution in [3.63, 3.8) is 0 Å². The Kier molecular flexibility index (Phi) is 7.97. The second-order valence-electron chi connectivity index (χ2n) is 10.9. The Hall–Kier alpha value is -3.64. The summed E-state index contributed by atoms with van der Waals surface area (Å²) in [6.45, 7) is 5.22. The number of hydrogen-bond donors (Lipinski definition) is 0. The van der Waals surface area contributed by atoms with Crippen LogP contribution in [0.5, 0.6) is 11.5 Å². The predicted molar refractivity (Wildman–Crippen MR) is 152 cm³/mol. The molecule has 0 spiro atoms. The molecule has 7 nitrogen and oxygen atoms in total. The van der Waals surface area contributed by atoms with Crippen LogP contribution in [0.25, 0.3) is 28.0 Å². The van der Waals surface area contributed by atoms with Crippen molar-refractivity contribution >= 4 is 20.9 Å². The minimum atomic E-state index is -5.01. The van der Waals surface area contributed by atoms with E-state index >= 15 is 0 Å². The molecule has 0 N–H and O–H groups in total. The van der Waals surface area contributed by atoms with E-state index in [4.69, 9.17) is 9.72 Å². The fourth-order valence-corrected chi connectivity index (χ4v) is 6.47. The highest BCUT2D eigenvalue weighted by atomic mass is 32.2. The SMILES string of the molecule is COc1cccc(-n2cc(CCC(C)(C)N3CCS(=O)(=O)CC3)c3ccc(-c4ccc(OC(F)(F)F)c(F)c4)nc32)c1. The van der Waals surface area contributed by atoms with Crippen LogP contribution < -0.4 is 9.47 Å². The van der Waals surface area contributed by atoms with Crippen molar-refractivity contribution in [2.24, 2.45) is 0 Å². The highest BCUT2D eigenvalue weighted by Gasteiger charge is 2.33. The van der Waals surface area contributed by atoms with Gasteiger partial charge in [-0.05, 0) is 74.7 Å². The Bertz CT molecular complexity index is 1700. The van der Waals surface area contributed by atoms with Crippen LogP contribution in [-0.4, -0.2) is 66.5 Å². The molecular formula is C30H31F4N3O4S. The van der Waals surface area contributed by atoms with Gasteiger partial charge in [0.1, 0.15) is 11.4 Å². The molecule has 0 unspecified atom stereocenters. The smallest absolute Gasteiger partial charge is 0.497 e. The van der Waals surface area contributed by atoms with Gasteiger partial charge in [-0.1, -0.05) is 6.07 Å². The zero-order valence-corrected chi connectivity index (χ0v) is 24.2. The van der Waals surface area contributed by atoms with Crippen LogP contribution in [0.1, 0.15) is 25.8 Å². The van der Waals surface area contributed by atoms with Gasteiger partial charge in [-0.3, -0.25) is 4.90 Å². The molecule has 4 aromatic rings. The third kappa shape index (κ3) is 6.54. The Morgan fingerprint density at radius 3 is 2.40 bits per heavy atom. The van der Waals surface area contributed by atoms with Crippen molar-refractivity contribution in [1.82, 2.24) is 14.5 Å². The molecule has 42 heavy (non-hydrogen) atoms. The van der Waals surface area contributed by atoms with Crippen molar-refractivity contribution < 1.29 is 35.5 Å². The first kappa shape index (κ1) is 29.8. The fraction of sp³-hybridized carbons (Fsp3) is 0.367. The molecule has 1 aliphatic rings. The molecule has 0 aliphatic carbocycles. The van der Waals surface area contributed by atoms with E-state index in [2.05, 4.69) is 23.5 Å². The molecule has 12 heteroatoms. The molecule has 2 aromatic heterocycles. The van der Waals surface area contributed by atoms with Gasteiger partial charge >= 0.3 is 6.36 Å². The molecule has 1 fully saturated rings. The minimum absolute atomic E-state index is 0.155. The standard InChI is InChI=1S/C30H31F4N3O4S/c1-29(2,36-13-15-42(38,39)16-14-36)12-11-21-19-37(22-5-4-6-23(18-22)40-3)28-24(21)8-9-26(35-28)20-7-10-27(25(31)17-20)41-30(32,33)34/h4-10,17-19H,11-16H2,1-3H3. The number of benzene rings is 2. The van der Waals surface area contributed by atoms with Gasteiger partial charge in [-0.15, -0.1) is 13.2 Å². The zero-order chi connectivity index (χ0) is 30.3. The van der Waals surface area contributed by atoms with Crippen LogP contribution in [0.3, 0.4) is 0 Å². The number of halogens is 4. The molecule has 0 amide bonds. The van der Waals surface area contributed by atoms with Gasteiger partial charge in [-0.2, -0.15) is 0 Å². The Labute approximate surface area is 241 Å². The average molecular weight is 606 g/mol. The Morgan fingerprint density at radius 2 is 1.74 bits per heavy atom. The summed E-state index contributed by atoms with van der Waals surface area (Å²) in [5, 5.41) is 0.871. The molecule has 1 aliphatic heterocycles. The van der Waals surface area contributed by atoms with Gasteiger partial charge in [0.2, 0.25) is 0 Å². The molecule has 0 atom stereocenters. The van der Waals surface area contributed by atoms with E-state index in [-0.39, 0.29) is 17.0 Å². The fourth-order valence-electron chi connectivity index (χ4n) is 5.27. The molecule has 0 bridgehead atoms. The third-order valence-corrected chi connectivity index (χ3v) is 9.33. The Morgan fingerprint density at radius 1 is 1.00 bits per heavy atom. The first-order valence-electron chi connectivity index (χ1n) is 13.4. The predicted octanol–water partition coefficient (Wildman–Crippen LogP) is 6.18. The van der Waals surface area contributed by atoms with Gasteiger partial charge in [0.05, 0.1) is 30.0 Å². The summed E-state index contributed by atoms with van der Waals surface area (Å²) in [4.78, 5) is 7.02. The maximum absolute atomic E-state index is 14.5. The lowest BCUT2D eigenvalue weighted by Crippen LogP contribution is -2.51. The van der Waals surface area contributed by atoms with E-state index in [0.29, 0.717) is 42.2 Å². The van der Waals surface area contributed by atoms with Crippen LogP contribution in [0.15, 0.2) is 60.8 Å². The van der Waals surface area contributed by atoms with Crippen molar-refractivity contribution in [3.8, 4) is 28.4 Å². The summed E-state index contributed by atoms with van der Waals surface area (Å²) in [6.07, 6.45) is -1.57. The largest absolute Gasteiger partial charge is 0.573 e. The van der Waals surface area contributed by atoms with E-state index < -0.39 is 27.8 Å². The van der Waals surface area contributed by atoms with Gasteiger partial charge in [-0.25, -0.2) is 17.8 Å². The third-order valence-electron chi connectivity index (χ3n) is 7.73. The molecule has 1 saturated heterocycles. The number of aryl methyl sites for hydroxylation is 1. The number of sulfone groups is 1. The average Bonchev–Trinajstić information content (AvgIpc) is 3.30. The molecule has 224 valence electrons. The summed E-state index contributed by atoms with van der Waals surface area (Å²) >= 11 is 0. The van der Waals surface area contributed by atoms with E-state index in [9.17, 15) is 26.0 Å².